The number of primary amides is 1. The van der Waals surface area contributed by atoms with Crippen LogP contribution in [0.2, 0.25) is 0 Å². The summed E-state index contributed by atoms with van der Waals surface area (Å²) in [5.74, 6) is -3.54. The Balaban J connectivity index is 1.85. The van der Waals surface area contributed by atoms with Crippen molar-refractivity contribution < 1.29 is 42.9 Å². The Labute approximate surface area is 273 Å². The second kappa shape index (κ2) is 18.0. The van der Waals surface area contributed by atoms with Crippen LogP contribution in [0.25, 0.3) is 11.0 Å². The Morgan fingerprint density at radius 1 is 1.02 bits per heavy atom. The van der Waals surface area contributed by atoms with Gasteiger partial charge in [0, 0.05) is 18.8 Å². The van der Waals surface area contributed by atoms with Crippen molar-refractivity contribution in [2.45, 2.75) is 83.6 Å². The predicted octanol–water partition coefficient (Wildman–Crippen LogP) is 3.77. The van der Waals surface area contributed by atoms with Crippen LogP contribution in [0.5, 0.6) is 0 Å². The van der Waals surface area contributed by atoms with Gasteiger partial charge in [0.05, 0.1) is 42.1 Å². The highest BCUT2D eigenvalue weighted by atomic mass is 19.1. The molecule has 0 aliphatic heterocycles. The van der Waals surface area contributed by atoms with Gasteiger partial charge in [-0.25, -0.2) is 9.37 Å². The molecule has 0 saturated carbocycles. The number of carbonyl (C=O) groups excluding carboxylic acids is 4. The highest BCUT2D eigenvalue weighted by molar-refractivity contribution is 5.94. The summed E-state index contributed by atoms with van der Waals surface area (Å²) in [5.41, 5.74) is 6.15. The fourth-order valence-corrected chi connectivity index (χ4v) is 4.76. The minimum Gasteiger partial charge on any atom is -0.466 e. The van der Waals surface area contributed by atoms with Gasteiger partial charge < -0.3 is 30.4 Å². The molecule has 4 N–H and O–H groups in total. The molecular weight excluding hydrogens is 611 g/mol. The van der Waals surface area contributed by atoms with Gasteiger partial charge in [0.2, 0.25) is 12.2 Å². The summed E-state index contributed by atoms with van der Waals surface area (Å²) < 4.78 is 30.8. The number of hydrogen-bond donors (Lipinski definition) is 3. The molecule has 0 radical (unpaired) electrons. The van der Waals surface area contributed by atoms with Crippen molar-refractivity contribution in [2.24, 2.45) is 11.7 Å². The number of nitrogens with two attached hydrogens (primary N) is 1. The van der Waals surface area contributed by atoms with E-state index in [-0.39, 0.29) is 51.0 Å². The molecule has 0 saturated heterocycles. The van der Waals surface area contributed by atoms with Crippen LogP contribution in [0.3, 0.4) is 0 Å². The Kier molecular flexibility index (Phi) is 14.2. The quantitative estimate of drug-likeness (QED) is 0.127. The number of para-hydroxylation sites is 2. The second-order valence-corrected chi connectivity index (χ2v) is 11.8. The maximum Gasteiger partial charge on any atom is 0.308 e. The van der Waals surface area contributed by atoms with Crippen LogP contribution in [0.15, 0.2) is 54.7 Å². The Hall–Kier alpha value is -4.49. The molecule has 47 heavy (non-hydrogen) atoms. The largest absolute Gasteiger partial charge is 0.466 e. The summed E-state index contributed by atoms with van der Waals surface area (Å²) in [5, 5.41) is 12.9. The average Bonchev–Trinajstić information content (AvgIpc) is 3.01. The van der Waals surface area contributed by atoms with Crippen molar-refractivity contribution in [3.63, 3.8) is 0 Å². The summed E-state index contributed by atoms with van der Waals surface area (Å²) in [4.78, 5) is 59.0. The highest BCUT2D eigenvalue weighted by Gasteiger charge is 2.30. The van der Waals surface area contributed by atoms with Crippen LogP contribution in [-0.4, -0.2) is 70.0 Å². The van der Waals surface area contributed by atoms with Crippen LogP contribution in [0, 0.1) is 11.7 Å². The zero-order valence-electron chi connectivity index (χ0n) is 26.9. The van der Waals surface area contributed by atoms with Gasteiger partial charge in [-0.3, -0.25) is 24.2 Å². The number of fused-ring (bicyclic) bond motifs is 1. The van der Waals surface area contributed by atoms with Gasteiger partial charge >= 0.3 is 11.9 Å². The van der Waals surface area contributed by atoms with Gasteiger partial charge in [0.1, 0.15) is 11.5 Å². The lowest BCUT2D eigenvalue weighted by Gasteiger charge is -2.29. The van der Waals surface area contributed by atoms with E-state index >= 15 is 0 Å². The molecule has 2 amide bonds. The number of aliphatic hydroxyl groups is 1. The monoisotopic (exact) mass is 654 g/mol. The Morgan fingerprint density at radius 3 is 2.43 bits per heavy atom. The number of nitrogens with one attached hydrogen (secondary N) is 1. The molecule has 0 unspecified atom stereocenters. The topological polar surface area (TPSA) is 180 Å². The number of hydrogen-bond acceptors (Lipinski definition) is 10. The van der Waals surface area contributed by atoms with E-state index in [4.69, 9.17) is 19.9 Å². The van der Waals surface area contributed by atoms with Gasteiger partial charge in [-0.2, -0.15) is 0 Å². The first-order chi connectivity index (χ1) is 22.3. The molecule has 254 valence electrons. The van der Waals surface area contributed by atoms with Crippen LogP contribution in [0.1, 0.15) is 75.3 Å². The fraction of sp³-hybridized carbons (Fsp3) is 0.471. The third kappa shape index (κ3) is 13.0. The molecular formula is C34H43FN4O8. The molecule has 0 aliphatic carbocycles. The van der Waals surface area contributed by atoms with Gasteiger partial charge in [-0.05, 0) is 82.7 Å². The smallest absolute Gasteiger partial charge is 0.308 e. The first kappa shape index (κ1) is 37.0. The average molecular weight is 655 g/mol. The minimum atomic E-state index is -1.39. The maximum atomic E-state index is 14.2. The molecule has 3 aromatic rings. The van der Waals surface area contributed by atoms with E-state index in [2.05, 4.69) is 15.3 Å². The summed E-state index contributed by atoms with van der Waals surface area (Å²) in [6.07, 6.45) is 0.656. The van der Waals surface area contributed by atoms with Gasteiger partial charge in [-0.1, -0.05) is 24.3 Å². The molecule has 0 bridgehead atoms. The molecule has 0 spiro atoms. The van der Waals surface area contributed by atoms with Crippen molar-refractivity contribution in [3.05, 3.63) is 71.8 Å². The van der Waals surface area contributed by atoms with Crippen LogP contribution < -0.4 is 11.1 Å². The Morgan fingerprint density at radius 2 is 1.74 bits per heavy atom. The number of esters is 2. The van der Waals surface area contributed by atoms with E-state index in [9.17, 15) is 28.7 Å². The number of nitrogens with zero attached hydrogens (tertiary/aromatic N) is 2. The zero-order valence-corrected chi connectivity index (χ0v) is 26.9. The molecule has 13 heteroatoms. The van der Waals surface area contributed by atoms with Gasteiger partial charge in [-0.15, -0.1) is 0 Å². The van der Waals surface area contributed by atoms with E-state index in [0.29, 0.717) is 29.4 Å². The number of aromatic nitrogens is 2. The normalized spacial score (nSPS) is 13.4. The number of carbonyl (C=O) groups is 4. The van der Waals surface area contributed by atoms with E-state index in [1.54, 1.807) is 51.1 Å². The lowest BCUT2D eigenvalue weighted by atomic mass is 9.92. The fourth-order valence-electron chi connectivity index (χ4n) is 4.76. The maximum absolute atomic E-state index is 14.2. The lowest BCUT2D eigenvalue weighted by molar-refractivity contribution is -0.186. The van der Waals surface area contributed by atoms with Gasteiger partial charge in [0.25, 0.3) is 5.91 Å². The predicted molar refractivity (Wildman–Crippen MR) is 170 cm³/mol. The SMILES string of the molecule is CCOC(=O)CCCC(=O)O[C@H](OCC[C@@H](CCC(C)(C)O)C(N)=O)[C@H](Cc1cccc(F)c1)NC(=O)c1cnc2ccccc2n1. The lowest BCUT2D eigenvalue weighted by Crippen LogP contribution is -2.48. The third-order valence-electron chi connectivity index (χ3n) is 7.24. The summed E-state index contributed by atoms with van der Waals surface area (Å²) in [6.45, 7) is 5.03. The van der Waals surface area contributed by atoms with Crippen molar-refractivity contribution in [3.8, 4) is 0 Å². The van der Waals surface area contributed by atoms with Gasteiger partial charge in [0.15, 0.2) is 0 Å². The second-order valence-electron chi connectivity index (χ2n) is 11.8. The standard InChI is InChI=1S/C34H43FN4O8/c1-4-45-29(40)13-8-14-30(41)47-33(46-18-16-23(31(36)42)15-17-34(2,3)44)27(20-22-9-7-10-24(35)19-22)39-32(43)28-21-37-25-11-5-6-12-26(25)38-28/h5-7,9-12,19,21,23,27,33,44H,4,8,13-18,20H2,1-3H3,(H2,36,42)(H,39,43)/t23-,27+,33+/m1/s1. The van der Waals surface area contributed by atoms with E-state index in [1.807, 2.05) is 0 Å². The Bertz CT molecular complexity index is 1510. The number of benzene rings is 2. The highest BCUT2D eigenvalue weighted by Crippen LogP contribution is 2.20. The third-order valence-corrected chi connectivity index (χ3v) is 7.24. The zero-order chi connectivity index (χ0) is 34.4. The summed E-state index contributed by atoms with van der Waals surface area (Å²) >= 11 is 0. The minimum absolute atomic E-state index is 0.0000501. The molecule has 1 heterocycles. The number of rotatable bonds is 19. The first-order valence-electron chi connectivity index (χ1n) is 15.6. The molecule has 3 rings (SSSR count). The molecule has 1 aromatic heterocycles. The first-order valence-corrected chi connectivity index (χ1v) is 15.6. The van der Waals surface area contributed by atoms with E-state index in [1.165, 1.54) is 24.4 Å². The van der Waals surface area contributed by atoms with E-state index < -0.39 is 53.4 Å². The van der Waals surface area contributed by atoms with Crippen molar-refractivity contribution in [1.82, 2.24) is 15.3 Å². The molecule has 0 aliphatic rings. The van der Waals surface area contributed by atoms with Crippen molar-refractivity contribution in [2.75, 3.05) is 13.2 Å². The van der Waals surface area contributed by atoms with Crippen LogP contribution in [-0.2, 0) is 35.0 Å². The number of halogens is 1. The van der Waals surface area contributed by atoms with Crippen molar-refractivity contribution >= 4 is 34.8 Å². The summed E-state index contributed by atoms with van der Waals surface area (Å²) in [7, 11) is 0. The van der Waals surface area contributed by atoms with Crippen LogP contribution >= 0.6 is 0 Å². The van der Waals surface area contributed by atoms with E-state index in [0.717, 1.165) is 0 Å². The van der Waals surface area contributed by atoms with Crippen LogP contribution in [0.4, 0.5) is 4.39 Å². The molecule has 0 fully saturated rings. The summed E-state index contributed by atoms with van der Waals surface area (Å²) in [6, 6.07) is 11.7. The number of ether oxygens (including phenoxy) is 3. The molecule has 12 nitrogen and oxygen atoms in total. The number of amides is 2. The molecule has 3 atom stereocenters. The van der Waals surface area contributed by atoms with Crippen molar-refractivity contribution in [1.29, 1.82) is 0 Å². The molecule has 2 aromatic carbocycles.